The average molecular weight is 472 g/mol. The normalized spacial score (nSPS) is 13.8. The Morgan fingerprint density at radius 3 is 2.03 bits per heavy atom. The van der Waals surface area contributed by atoms with E-state index in [-0.39, 0.29) is 18.2 Å². The Morgan fingerprint density at radius 2 is 1.43 bits per heavy atom. The summed E-state index contributed by atoms with van der Waals surface area (Å²) >= 11 is 0. The number of carbonyl (C=O) groups is 2. The van der Waals surface area contributed by atoms with Gasteiger partial charge < -0.3 is 19.9 Å². The predicted octanol–water partition coefficient (Wildman–Crippen LogP) is 4.51. The molecule has 3 aromatic carbocycles. The lowest BCUT2D eigenvalue weighted by atomic mass is 9.98. The van der Waals surface area contributed by atoms with E-state index in [1.54, 1.807) is 18.7 Å². The molecular formula is C29H33N3O3. The van der Waals surface area contributed by atoms with Crippen LogP contribution in [0, 0.1) is 0 Å². The molecule has 0 aliphatic carbocycles. The van der Waals surface area contributed by atoms with Gasteiger partial charge in [0.25, 0.3) is 0 Å². The molecule has 1 fully saturated rings. The molecule has 0 bridgehead atoms. The van der Waals surface area contributed by atoms with E-state index < -0.39 is 5.54 Å². The van der Waals surface area contributed by atoms with Crippen LogP contribution >= 0.6 is 0 Å². The van der Waals surface area contributed by atoms with Crippen LogP contribution in [0.1, 0.15) is 25.0 Å². The predicted molar refractivity (Wildman–Crippen MR) is 139 cm³/mol. The van der Waals surface area contributed by atoms with Gasteiger partial charge in [-0.3, -0.25) is 9.59 Å². The van der Waals surface area contributed by atoms with Gasteiger partial charge in [0.1, 0.15) is 5.54 Å². The van der Waals surface area contributed by atoms with Gasteiger partial charge in [-0.25, -0.2) is 0 Å². The molecule has 0 saturated carbocycles. The van der Waals surface area contributed by atoms with Gasteiger partial charge in [0.05, 0.1) is 19.6 Å². The highest BCUT2D eigenvalue weighted by atomic mass is 16.5. The van der Waals surface area contributed by atoms with Crippen LogP contribution in [0.25, 0.3) is 0 Å². The number of morpholine rings is 1. The molecule has 1 aliphatic rings. The number of ether oxygens (including phenoxy) is 1. The second-order valence-electron chi connectivity index (χ2n) is 9.29. The highest BCUT2D eigenvalue weighted by molar-refractivity contribution is 6.00. The molecule has 6 heteroatoms. The van der Waals surface area contributed by atoms with Crippen molar-refractivity contribution in [3.8, 4) is 0 Å². The Hall–Kier alpha value is -3.64. The lowest BCUT2D eigenvalue weighted by molar-refractivity contribution is -0.144. The van der Waals surface area contributed by atoms with Crippen LogP contribution in [0.3, 0.4) is 0 Å². The van der Waals surface area contributed by atoms with Crippen molar-refractivity contribution in [2.24, 2.45) is 0 Å². The lowest BCUT2D eigenvalue weighted by Gasteiger charge is -2.37. The first-order chi connectivity index (χ1) is 16.9. The number of hydrogen-bond donors (Lipinski definition) is 1. The van der Waals surface area contributed by atoms with Crippen LogP contribution in [-0.2, 0) is 27.3 Å². The van der Waals surface area contributed by atoms with Crippen molar-refractivity contribution in [3.05, 3.63) is 96.1 Å². The van der Waals surface area contributed by atoms with Crippen molar-refractivity contribution in [2.45, 2.75) is 32.4 Å². The Morgan fingerprint density at radius 1 is 0.857 bits per heavy atom. The molecule has 0 atom stereocenters. The second kappa shape index (κ2) is 11.2. The fourth-order valence-corrected chi connectivity index (χ4v) is 4.21. The minimum atomic E-state index is -1.06. The monoisotopic (exact) mass is 471 g/mol. The zero-order chi connectivity index (χ0) is 24.7. The number of anilines is 2. The molecule has 1 saturated heterocycles. The van der Waals surface area contributed by atoms with Gasteiger partial charge in [-0.05, 0) is 49.2 Å². The third-order valence-corrected chi connectivity index (χ3v) is 6.41. The summed E-state index contributed by atoms with van der Waals surface area (Å²) in [6.07, 6.45) is 0.235. The number of amides is 2. The highest BCUT2D eigenvalue weighted by Gasteiger charge is 2.38. The van der Waals surface area contributed by atoms with Crippen molar-refractivity contribution in [3.63, 3.8) is 0 Å². The maximum atomic E-state index is 13.5. The molecule has 6 nitrogen and oxygen atoms in total. The minimum Gasteiger partial charge on any atom is -0.378 e. The van der Waals surface area contributed by atoms with Gasteiger partial charge >= 0.3 is 0 Å². The van der Waals surface area contributed by atoms with Crippen LogP contribution in [-0.4, -0.2) is 48.6 Å². The molecule has 0 spiro atoms. The quantitative estimate of drug-likeness (QED) is 0.525. The van der Waals surface area contributed by atoms with E-state index in [4.69, 9.17) is 4.74 Å². The number of hydrogen-bond acceptors (Lipinski definition) is 4. The molecule has 1 N–H and O–H groups in total. The van der Waals surface area contributed by atoms with Crippen molar-refractivity contribution in [1.29, 1.82) is 0 Å². The summed E-state index contributed by atoms with van der Waals surface area (Å²) in [6.45, 7) is 7.12. The van der Waals surface area contributed by atoms with Crippen molar-refractivity contribution < 1.29 is 14.3 Å². The summed E-state index contributed by atoms with van der Waals surface area (Å²) in [7, 11) is 0. The maximum absolute atomic E-state index is 13.5. The highest BCUT2D eigenvalue weighted by Crippen LogP contribution is 2.24. The Labute approximate surface area is 207 Å². The third-order valence-electron chi connectivity index (χ3n) is 6.41. The van der Waals surface area contributed by atoms with Crippen LogP contribution in [0.2, 0.25) is 0 Å². The van der Waals surface area contributed by atoms with Crippen LogP contribution in [0.4, 0.5) is 11.4 Å². The number of nitrogens with zero attached hydrogens (tertiary/aromatic N) is 2. The molecular weight excluding hydrogens is 438 g/mol. The van der Waals surface area contributed by atoms with Gasteiger partial charge in [0.15, 0.2) is 0 Å². The maximum Gasteiger partial charge on any atom is 0.249 e. The fraction of sp³-hybridized carbons (Fsp3) is 0.310. The Balaban J connectivity index is 1.50. The molecule has 1 aliphatic heterocycles. The smallest absolute Gasteiger partial charge is 0.249 e. The van der Waals surface area contributed by atoms with Gasteiger partial charge in [0, 0.05) is 31.0 Å². The lowest BCUT2D eigenvalue weighted by Crippen LogP contribution is -2.55. The SMILES string of the molecule is CC(C)(C(=O)Nc1ccc(N2CCOCC2)cc1)N(Cc1ccccc1)C(=O)Cc1ccccc1. The van der Waals surface area contributed by atoms with Gasteiger partial charge in [-0.15, -0.1) is 0 Å². The molecule has 35 heavy (non-hydrogen) atoms. The number of carbonyl (C=O) groups excluding carboxylic acids is 2. The van der Waals surface area contributed by atoms with E-state index in [0.29, 0.717) is 12.2 Å². The number of benzene rings is 3. The average Bonchev–Trinajstić information content (AvgIpc) is 2.89. The van der Waals surface area contributed by atoms with Crippen LogP contribution in [0.5, 0.6) is 0 Å². The molecule has 0 radical (unpaired) electrons. The minimum absolute atomic E-state index is 0.0946. The number of rotatable bonds is 8. The van der Waals surface area contributed by atoms with E-state index in [1.165, 1.54) is 0 Å². The molecule has 3 aromatic rings. The second-order valence-corrected chi connectivity index (χ2v) is 9.29. The first-order valence-electron chi connectivity index (χ1n) is 12.1. The summed E-state index contributed by atoms with van der Waals surface area (Å²) in [6, 6.07) is 27.2. The Bertz CT molecular complexity index is 1110. The summed E-state index contributed by atoms with van der Waals surface area (Å²) in [5, 5.41) is 3.02. The van der Waals surface area contributed by atoms with Crippen LogP contribution < -0.4 is 10.2 Å². The van der Waals surface area contributed by atoms with Crippen molar-refractivity contribution in [1.82, 2.24) is 4.90 Å². The molecule has 0 aromatic heterocycles. The van der Waals surface area contributed by atoms with Gasteiger partial charge in [0.2, 0.25) is 11.8 Å². The van der Waals surface area contributed by atoms with Gasteiger partial charge in [-0.2, -0.15) is 0 Å². The fourth-order valence-electron chi connectivity index (χ4n) is 4.21. The summed E-state index contributed by atoms with van der Waals surface area (Å²) in [5.41, 5.74) is 2.64. The van der Waals surface area contributed by atoms with Gasteiger partial charge in [-0.1, -0.05) is 60.7 Å². The topological polar surface area (TPSA) is 61.9 Å². The zero-order valence-corrected chi connectivity index (χ0v) is 20.4. The van der Waals surface area contributed by atoms with Crippen LogP contribution in [0.15, 0.2) is 84.9 Å². The van der Waals surface area contributed by atoms with E-state index in [0.717, 1.165) is 43.1 Å². The van der Waals surface area contributed by atoms with Crippen molar-refractivity contribution >= 4 is 23.2 Å². The number of nitrogens with one attached hydrogen (secondary N) is 1. The molecule has 2 amide bonds. The third kappa shape index (κ3) is 6.28. The first kappa shape index (κ1) is 24.5. The molecule has 1 heterocycles. The Kier molecular flexibility index (Phi) is 7.83. The molecule has 0 unspecified atom stereocenters. The first-order valence-corrected chi connectivity index (χ1v) is 12.1. The summed E-state index contributed by atoms with van der Waals surface area (Å²) < 4.78 is 5.43. The van der Waals surface area contributed by atoms with Crippen molar-refractivity contribution in [2.75, 3.05) is 36.5 Å². The zero-order valence-electron chi connectivity index (χ0n) is 20.4. The standard InChI is InChI=1S/C29H33N3O3/c1-29(2,28(34)30-25-13-15-26(16-14-25)31-17-19-35-20-18-31)32(22-24-11-7-4-8-12-24)27(33)21-23-9-5-3-6-10-23/h3-16H,17-22H2,1-2H3,(H,30,34). The summed E-state index contributed by atoms with van der Waals surface area (Å²) in [4.78, 5) is 30.9. The molecule has 4 rings (SSSR count). The summed E-state index contributed by atoms with van der Waals surface area (Å²) in [5.74, 6) is -0.322. The van der Waals surface area contributed by atoms with E-state index >= 15 is 0 Å². The largest absolute Gasteiger partial charge is 0.378 e. The molecule has 182 valence electrons. The van der Waals surface area contributed by atoms with E-state index in [1.807, 2.05) is 84.9 Å². The van der Waals surface area contributed by atoms with E-state index in [2.05, 4.69) is 10.2 Å². The van der Waals surface area contributed by atoms with E-state index in [9.17, 15) is 9.59 Å².